The number of alkyl halides is 3. The summed E-state index contributed by atoms with van der Waals surface area (Å²) >= 11 is 1.04. The van der Waals surface area contributed by atoms with Crippen molar-refractivity contribution < 1.29 is 27.6 Å². The molecule has 0 unspecified atom stereocenters. The van der Waals surface area contributed by atoms with Crippen LogP contribution in [-0.2, 0) is 17.5 Å². The number of aromatic nitrogens is 3. The third kappa shape index (κ3) is 6.84. The average molecular weight is 559 g/mol. The monoisotopic (exact) mass is 558 g/mol. The van der Waals surface area contributed by atoms with E-state index in [9.17, 15) is 28.1 Å². The number of nitro groups is 1. The van der Waals surface area contributed by atoms with E-state index in [1.54, 1.807) is 34.9 Å². The molecule has 2 N–H and O–H groups in total. The average Bonchev–Trinajstić information content (AvgIpc) is 3.33. The summed E-state index contributed by atoms with van der Waals surface area (Å²) in [6, 6.07) is 17.5. The number of rotatable bonds is 10. The third-order valence-electron chi connectivity index (χ3n) is 5.38. The fourth-order valence-electron chi connectivity index (χ4n) is 3.54. The van der Waals surface area contributed by atoms with Crippen LogP contribution in [0.25, 0.3) is 5.69 Å². The Morgan fingerprint density at radius 1 is 1.08 bits per heavy atom. The van der Waals surface area contributed by atoms with Gasteiger partial charge in [0.05, 0.1) is 29.9 Å². The molecule has 0 radical (unpaired) electrons. The molecule has 0 atom stereocenters. The third-order valence-corrected chi connectivity index (χ3v) is 6.31. The number of hydrogen-bond acceptors (Lipinski definition) is 8. The Balaban J connectivity index is 1.54. The summed E-state index contributed by atoms with van der Waals surface area (Å²) in [4.78, 5) is 23.2. The molecule has 0 saturated carbocycles. The van der Waals surface area contributed by atoms with Gasteiger partial charge >= 0.3 is 6.18 Å². The molecule has 202 valence electrons. The number of carbonyl (C=O) groups excluding carboxylic acids is 1. The molecule has 14 heteroatoms. The number of hydrogen-bond donors (Lipinski definition) is 2. The summed E-state index contributed by atoms with van der Waals surface area (Å²) < 4.78 is 46.2. The molecule has 1 amide bonds. The molecular formula is C25H21F3N6O4S. The Labute approximate surface area is 224 Å². The molecule has 0 aliphatic heterocycles. The Hall–Kier alpha value is -4.59. The van der Waals surface area contributed by atoms with E-state index in [1.807, 2.05) is 0 Å². The Morgan fingerprint density at radius 2 is 1.82 bits per heavy atom. The molecule has 10 nitrogen and oxygen atoms in total. The second-order valence-electron chi connectivity index (χ2n) is 7.98. The molecule has 39 heavy (non-hydrogen) atoms. The van der Waals surface area contributed by atoms with Crippen LogP contribution in [0.15, 0.2) is 78.0 Å². The smallest absolute Gasteiger partial charge is 0.416 e. The van der Waals surface area contributed by atoms with Crippen LogP contribution in [0.4, 0.5) is 30.2 Å². The van der Waals surface area contributed by atoms with Crippen LogP contribution in [0, 0.1) is 10.1 Å². The summed E-state index contributed by atoms with van der Waals surface area (Å²) in [7, 11) is 1.52. The first-order chi connectivity index (χ1) is 18.7. The van der Waals surface area contributed by atoms with Crippen molar-refractivity contribution in [3.05, 3.63) is 94.3 Å². The predicted octanol–water partition coefficient (Wildman–Crippen LogP) is 5.55. The first-order valence-corrected chi connectivity index (χ1v) is 12.3. The maximum atomic E-state index is 13.1. The van der Waals surface area contributed by atoms with Crippen molar-refractivity contribution in [3.63, 3.8) is 0 Å². The standard InChI is InChI=1S/C25H21F3N6O4S/c1-38-19-11-9-18(10-12-19)33-22(14-29-17-6-4-5-16(13-17)25(26,27)28)31-32-24(33)39-15-23(35)30-20-7-2-3-8-21(20)34(36)37/h2-13,29H,14-15H2,1H3,(H,30,35). The van der Waals surface area contributed by atoms with Crippen molar-refractivity contribution in [2.45, 2.75) is 17.9 Å². The molecule has 0 fully saturated rings. The van der Waals surface area contributed by atoms with Crippen molar-refractivity contribution in [3.8, 4) is 11.4 Å². The largest absolute Gasteiger partial charge is 0.497 e. The summed E-state index contributed by atoms with van der Waals surface area (Å²) in [5.41, 5.74) is -0.0867. The van der Waals surface area contributed by atoms with Crippen molar-refractivity contribution >= 4 is 34.7 Å². The van der Waals surface area contributed by atoms with Crippen molar-refractivity contribution in [1.29, 1.82) is 0 Å². The zero-order chi connectivity index (χ0) is 28.0. The molecule has 1 heterocycles. The number of halogens is 3. The van der Waals surface area contributed by atoms with Gasteiger partial charge in [-0.25, -0.2) is 0 Å². The minimum absolute atomic E-state index is 0.0311. The first-order valence-electron chi connectivity index (χ1n) is 11.3. The van der Waals surface area contributed by atoms with Crippen molar-refractivity contribution in [2.75, 3.05) is 23.5 Å². The molecule has 1 aromatic heterocycles. The number of carbonyl (C=O) groups is 1. The zero-order valence-corrected chi connectivity index (χ0v) is 21.1. The van der Waals surface area contributed by atoms with Gasteiger partial charge in [0.1, 0.15) is 11.4 Å². The van der Waals surface area contributed by atoms with E-state index in [-0.39, 0.29) is 29.4 Å². The number of benzene rings is 3. The fourth-order valence-corrected chi connectivity index (χ4v) is 4.31. The summed E-state index contributed by atoms with van der Waals surface area (Å²) in [5, 5.41) is 25.4. The Morgan fingerprint density at radius 3 is 2.51 bits per heavy atom. The van der Waals surface area contributed by atoms with Crippen molar-refractivity contribution in [2.24, 2.45) is 0 Å². The van der Waals surface area contributed by atoms with Gasteiger partial charge in [-0.1, -0.05) is 30.0 Å². The maximum Gasteiger partial charge on any atom is 0.416 e. The van der Waals surface area contributed by atoms with Gasteiger partial charge in [0.25, 0.3) is 5.69 Å². The second-order valence-corrected chi connectivity index (χ2v) is 8.92. The Kier molecular flexibility index (Phi) is 8.34. The number of nitrogens with zero attached hydrogens (tertiary/aromatic N) is 4. The lowest BCUT2D eigenvalue weighted by Crippen LogP contribution is -2.16. The van der Waals surface area contributed by atoms with Gasteiger partial charge < -0.3 is 15.4 Å². The lowest BCUT2D eigenvalue weighted by atomic mass is 10.2. The molecule has 0 aliphatic carbocycles. The molecule has 4 rings (SSSR count). The quantitative estimate of drug-likeness (QED) is 0.148. The maximum absolute atomic E-state index is 13.1. The molecular weight excluding hydrogens is 537 g/mol. The highest BCUT2D eigenvalue weighted by Crippen LogP contribution is 2.31. The minimum atomic E-state index is -4.48. The van der Waals surface area contributed by atoms with Gasteiger partial charge in [-0.3, -0.25) is 19.5 Å². The number of anilines is 2. The number of nitrogens with one attached hydrogen (secondary N) is 2. The van der Waals surface area contributed by atoms with E-state index in [4.69, 9.17) is 4.74 Å². The number of amides is 1. The van der Waals surface area contributed by atoms with E-state index in [0.29, 0.717) is 22.4 Å². The van der Waals surface area contributed by atoms with E-state index >= 15 is 0 Å². The number of para-hydroxylation sites is 2. The lowest BCUT2D eigenvalue weighted by molar-refractivity contribution is -0.383. The molecule has 0 spiro atoms. The lowest BCUT2D eigenvalue weighted by Gasteiger charge is -2.13. The van der Waals surface area contributed by atoms with Crippen LogP contribution in [0.2, 0.25) is 0 Å². The summed E-state index contributed by atoms with van der Waals surface area (Å²) in [5.74, 6) is 0.344. The number of ether oxygens (including phenoxy) is 1. The highest BCUT2D eigenvalue weighted by atomic mass is 32.2. The molecule has 0 saturated heterocycles. The van der Waals surface area contributed by atoms with Crippen molar-refractivity contribution in [1.82, 2.24) is 14.8 Å². The van der Waals surface area contributed by atoms with Crippen LogP contribution in [0.5, 0.6) is 5.75 Å². The number of nitro benzene ring substituents is 1. The van der Waals surface area contributed by atoms with E-state index < -0.39 is 22.6 Å². The Bertz CT molecular complexity index is 1480. The topological polar surface area (TPSA) is 124 Å². The SMILES string of the molecule is COc1ccc(-n2c(CNc3cccc(C(F)(F)F)c3)nnc2SCC(=O)Nc2ccccc2[N+](=O)[O-])cc1. The predicted molar refractivity (Wildman–Crippen MR) is 139 cm³/mol. The van der Waals surface area contributed by atoms with Gasteiger partial charge in [0.2, 0.25) is 5.91 Å². The van der Waals surface area contributed by atoms with E-state index in [2.05, 4.69) is 20.8 Å². The molecule has 3 aromatic carbocycles. The number of methoxy groups -OCH3 is 1. The van der Waals surface area contributed by atoms with Crippen LogP contribution in [0.3, 0.4) is 0 Å². The normalized spacial score (nSPS) is 11.2. The number of thioether (sulfide) groups is 1. The van der Waals surface area contributed by atoms with E-state index in [1.165, 1.54) is 37.4 Å². The first kappa shape index (κ1) is 27.4. The molecule has 0 bridgehead atoms. The second kappa shape index (κ2) is 11.9. The van der Waals surface area contributed by atoms with Crippen LogP contribution in [-0.4, -0.2) is 38.5 Å². The van der Waals surface area contributed by atoms with Gasteiger partial charge in [-0.05, 0) is 48.5 Å². The van der Waals surface area contributed by atoms with Gasteiger partial charge in [0, 0.05) is 17.4 Å². The fraction of sp³-hybridized carbons (Fsp3) is 0.160. The summed E-state index contributed by atoms with van der Waals surface area (Å²) in [6.45, 7) is 0.0311. The zero-order valence-electron chi connectivity index (χ0n) is 20.3. The highest BCUT2D eigenvalue weighted by Gasteiger charge is 2.30. The van der Waals surface area contributed by atoms with E-state index in [0.717, 1.165) is 23.9 Å². The van der Waals surface area contributed by atoms with Crippen LogP contribution < -0.4 is 15.4 Å². The minimum Gasteiger partial charge on any atom is -0.497 e. The van der Waals surface area contributed by atoms with Gasteiger partial charge in [-0.15, -0.1) is 10.2 Å². The molecule has 0 aliphatic rings. The van der Waals surface area contributed by atoms with Gasteiger partial charge in [0.15, 0.2) is 11.0 Å². The van der Waals surface area contributed by atoms with Crippen LogP contribution >= 0.6 is 11.8 Å². The molecule has 4 aromatic rings. The highest BCUT2D eigenvalue weighted by molar-refractivity contribution is 7.99. The summed E-state index contributed by atoms with van der Waals surface area (Å²) in [6.07, 6.45) is -4.48. The van der Waals surface area contributed by atoms with Crippen LogP contribution in [0.1, 0.15) is 11.4 Å². The van der Waals surface area contributed by atoms with Gasteiger partial charge in [-0.2, -0.15) is 13.2 Å².